The van der Waals surface area contributed by atoms with E-state index in [0.717, 1.165) is 5.56 Å². The van der Waals surface area contributed by atoms with Gasteiger partial charge in [0, 0.05) is 11.8 Å². The number of esters is 1. The Kier molecular flexibility index (Phi) is 7.60. The molecule has 3 aromatic rings. The van der Waals surface area contributed by atoms with Crippen LogP contribution in [-0.2, 0) is 35.1 Å². The number of fused-ring (bicyclic) bond motifs is 4. The number of methoxy groups -OCH3 is 2. The number of carbonyl (C=O) groups is 1. The molecule has 0 spiro atoms. The van der Waals surface area contributed by atoms with Crippen molar-refractivity contribution >= 4 is 5.97 Å². The Morgan fingerprint density at radius 1 is 0.918 bits per heavy atom. The highest BCUT2D eigenvalue weighted by atomic mass is 16.8. The van der Waals surface area contributed by atoms with Crippen molar-refractivity contribution in [2.24, 2.45) is 11.8 Å². The molecule has 8 rings (SSSR count). The van der Waals surface area contributed by atoms with E-state index < -0.39 is 73.9 Å². The molecule has 4 aliphatic heterocycles. The normalized spacial score (nSPS) is 34.0. The molecule has 3 aromatic carbocycles. The van der Waals surface area contributed by atoms with E-state index in [1.165, 1.54) is 13.2 Å². The van der Waals surface area contributed by atoms with Gasteiger partial charge < -0.3 is 57.6 Å². The first-order chi connectivity index (χ1) is 25.0. The summed E-state index contributed by atoms with van der Waals surface area (Å²) >= 11 is 0. The second-order valence-corrected chi connectivity index (χ2v) is 12.6. The molecule has 49 heavy (non-hydrogen) atoms. The molecule has 10 atom stereocenters. The van der Waals surface area contributed by atoms with E-state index in [2.05, 4.69) is 0 Å². The Bertz CT molecular complexity index is 1800. The van der Waals surface area contributed by atoms with Crippen LogP contribution in [-0.4, -0.2) is 87.3 Å². The summed E-state index contributed by atoms with van der Waals surface area (Å²) in [7, 11) is -1.43. The summed E-state index contributed by atoms with van der Waals surface area (Å²) in [6.07, 6.45) is -7.20. The van der Waals surface area contributed by atoms with E-state index in [4.69, 9.17) is 51.5 Å². The van der Waals surface area contributed by atoms with Gasteiger partial charge in [0.2, 0.25) is 12.5 Å². The Hall–Kier alpha value is -4.11. The molecule has 13 heteroatoms. The third-order valence-electron chi connectivity index (χ3n) is 9.84. The fourth-order valence-corrected chi connectivity index (χ4v) is 7.52. The maximum absolute atomic E-state index is 13.7. The monoisotopic (exact) mass is 681 g/mol. The molecule has 0 radical (unpaired) electrons. The third-order valence-corrected chi connectivity index (χ3v) is 9.84. The Morgan fingerprint density at radius 2 is 1.67 bits per heavy atom. The van der Waals surface area contributed by atoms with Crippen molar-refractivity contribution in [2.45, 2.75) is 62.5 Å². The highest BCUT2D eigenvalue weighted by Gasteiger charge is 2.56. The minimum absolute atomic E-state index is 0.0285. The van der Waals surface area contributed by atoms with E-state index in [0.29, 0.717) is 28.2 Å². The zero-order chi connectivity index (χ0) is 36.3. The van der Waals surface area contributed by atoms with Crippen LogP contribution in [0.2, 0.25) is 0 Å². The van der Waals surface area contributed by atoms with Crippen LogP contribution in [0.25, 0.3) is 0 Å². The van der Waals surface area contributed by atoms with Crippen molar-refractivity contribution in [2.75, 3.05) is 34.2 Å². The SMILES string of the molecule is [2H]C([2H])([2H])Oc1cc([C@@H]2c3cc4c(cc3C(O[C@@H]3O[C@@H]5CO[C@@H](C)O[C@H]5[C@H](O)[C@H]3O)C3COC(=O)[C@@H]32)OCO4)cc(OC)c1OCc1ccccc1. The van der Waals surface area contributed by atoms with E-state index >= 15 is 0 Å². The maximum Gasteiger partial charge on any atom is 0.310 e. The van der Waals surface area contributed by atoms with E-state index in [1.807, 2.05) is 30.3 Å². The van der Waals surface area contributed by atoms with Gasteiger partial charge in [0.05, 0.1) is 43.5 Å². The standard InChI is InChI=1S/C36H38O13/c1-17-42-15-27-34(47-17)30(37)31(38)36(48-27)49-32-21-12-24-23(45-16-46-24)11-20(21)28(29-22(32)14-44-35(29)39)19-9-25(40-2)33(26(10-19)41-3)43-13-18-7-5-4-6-8-18/h4-12,17,22,27-32,34,36-38H,13-16H2,1-3H3/t17-,22?,27-,28-,29+,30-,31-,32?,34-,36+/m1/s1/i2D3. The molecular weight excluding hydrogens is 640 g/mol. The van der Waals surface area contributed by atoms with Gasteiger partial charge >= 0.3 is 5.97 Å². The number of carbonyl (C=O) groups excluding carboxylic acids is 1. The van der Waals surface area contributed by atoms with Gasteiger partial charge in [-0.05, 0) is 53.4 Å². The van der Waals surface area contributed by atoms with Crippen molar-refractivity contribution in [1.82, 2.24) is 0 Å². The summed E-state index contributed by atoms with van der Waals surface area (Å²) in [4.78, 5) is 13.7. The number of hydrogen-bond donors (Lipinski definition) is 2. The predicted molar refractivity (Wildman–Crippen MR) is 167 cm³/mol. The first kappa shape index (κ1) is 28.7. The van der Waals surface area contributed by atoms with Gasteiger partial charge in [-0.2, -0.15) is 0 Å². The molecule has 3 fully saturated rings. The number of benzene rings is 3. The lowest BCUT2D eigenvalue weighted by molar-refractivity contribution is -0.364. The largest absolute Gasteiger partial charge is 0.493 e. The zero-order valence-electron chi connectivity index (χ0n) is 29.7. The Morgan fingerprint density at radius 3 is 2.43 bits per heavy atom. The summed E-state index contributed by atoms with van der Waals surface area (Å²) in [6, 6.07) is 16.1. The lowest BCUT2D eigenvalue weighted by Crippen LogP contribution is -2.63. The molecule has 5 aliphatic rings. The van der Waals surface area contributed by atoms with Gasteiger partial charge in [0.25, 0.3) is 0 Å². The van der Waals surface area contributed by atoms with Gasteiger partial charge in [-0.3, -0.25) is 4.79 Å². The van der Waals surface area contributed by atoms with Gasteiger partial charge in [-0.15, -0.1) is 0 Å². The van der Waals surface area contributed by atoms with Gasteiger partial charge in [0.1, 0.15) is 31.0 Å². The molecule has 0 saturated carbocycles. The summed E-state index contributed by atoms with van der Waals surface area (Å²) in [6.45, 7) is 1.84. The van der Waals surface area contributed by atoms with Crippen LogP contribution in [0.4, 0.5) is 0 Å². The topological polar surface area (TPSA) is 150 Å². The van der Waals surface area contributed by atoms with Crippen molar-refractivity contribution in [1.29, 1.82) is 0 Å². The maximum atomic E-state index is 13.7. The quantitative estimate of drug-likeness (QED) is 0.336. The Labute approximate surface area is 286 Å². The zero-order valence-corrected chi connectivity index (χ0v) is 26.7. The number of cyclic esters (lactones) is 1. The number of aliphatic hydroxyl groups is 2. The minimum Gasteiger partial charge on any atom is -0.493 e. The molecule has 260 valence electrons. The van der Waals surface area contributed by atoms with Crippen LogP contribution in [0.1, 0.15) is 45.3 Å². The summed E-state index contributed by atoms with van der Waals surface area (Å²) in [5, 5.41) is 22.2. The smallest absolute Gasteiger partial charge is 0.310 e. The van der Waals surface area contributed by atoms with Crippen molar-refractivity contribution in [3.63, 3.8) is 0 Å². The summed E-state index contributed by atoms with van der Waals surface area (Å²) < 4.78 is 82.2. The van der Waals surface area contributed by atoms with Crippen molar-refractivity contribution in [3.05, 3.63) is 76.9 Å². The fourth-order valence-electron chi connectivity index (χ4n) is 7.52. The average Bonchev–Trinajstić information content (AvgIpc) is 3.75. The van der Waals surface area contributed by atoms with Gasteiger partial charge in [-0.25, -0.2) is 0 Å². The van der Waals surface area contributed by atoms with Crippen LogP contribution in [0, 0.1) is 11.8 Å². The highest BCUT2D eigenvalue weighted by molar-refractivity contribution is 5.79. The molecule has 2 N–H and O–H groups in total. The molecule has 1 aliphatic carbocycles. The second kappa shape index (κ2) is 13.0. The summed E-state index contributed by atoms with van der Waals surface area (Å²) in [5.41, 5.74) is 2.50. The molecule has 0 aromatic heterocycles. The number of ether oxygens (including phenoxy) is 10. The van der Waals surface area contributed by atoms with Crippen LogP contribution < -0.4 is 23.7 Å². The van der Waals surface area contributed by atoms with Crippen LogP contribution >= 0.6 is 0 Å². The lowest BCUT2D eigenvalue weighted by Gasteiger charge is -2.47. The first-order valence-corrected chi connectivity index (χ1v) is 16.1. The number of rotatable bonds is 8. The average molecular weight is 682 g/mol. The molecular formula is C36H38O13. The van der Waals surface area contributed by atoms with Crippen LogP contribution in [0.5, 0.6) is 28.7 Å². The van der Waals surface area contributed by atoms with Crippen LogP contribution in [0.3, 0.4) is 0 Å². The lowest BCUT2D eigenvalue weighted by atomic mass is 9.66. The van der Waals surface area contributed by atoms with E-state index in [9.17, 15) is 15.0 Å². The third kappa shape index (κ3) is 5.64. The summed E-state index contributed by atoms with van der Waals surface area (Å²) in [5.74, 6) is -1.72. The van der Waals surface area contributed by atoms with Crippen molar-refractivity contribution < 1.29 is 66.5 Å². The van der Waals surface area contributed by atoms with Gasteiger partial charge in [0.15, 0.2) is 35.6 Å². The molecule has 13 nitrogen and oxygen atoms in total. The number of hydrogen-bond acceptors (Lipinski definition) is 13. The predicted octanol–water partition coefficient (Wildman–Crippen LogP) is 3.21. The minimum atomic E-state index is -2.85. The Balaban J connectivity index is 1.21. The second-order valence-electron chi connectivity index (χ2n) is 12.6. The van der Waals surface area contributed by atoms with E-state index in [1.54, 1.807) is 25.1 Å². The molecule has 0 amide bonds. The fraction of sp³-hybridized carbons (Fsp3) is 0.472. The van der Waals surface area contributed by atoms with Crippen molar-refractivity contribution in [3.8, 4) is 28.7 Å². The number of aliphatic hydroxyl groups excluding tert-OH is 2. The molecule has 3 saturated heterocycles. The highest BCUT2D eigenvalue weighted by Crippen LogP contribution is 2.57. The van der Waals surface area contributed by atoms with Crippen LogP contribution in [0.15, 0.2) is 54.6 Å². The molecule has 2 unspecified atom stereocenters. The molecule has 0 bridgehead atoms. The molecule has 4 heterocycles. The van der Waals surface area contributed by atoms with Gasteiger partial charge in [-0.1, -0.05) is 30.3 Å². The van der Waals surface area contributed by atoms with E-state index in [-0.39, 0.29) is 43.9 Å². The first-order valence-electron chi connectivity index (χ1n) is 17.6.